The number of fused-ring (bicyclic) bond motifs is 9. The van der Waals surface area contributed by atoms with Gasteiger partial charge in [0.15, 0.2) is 0 Å². The van der Waals surface area contributed by atoms with Crippen molar-refractivity contribution in [3.63, 3.8) is 0 Å². The minimum absolute atomic E-state index is 0.0346. The van der Waals surface area contributed by atoms with E-state index in [-0.39, 0.29) is 12.3 Å². The van der Waals surface area contributed by atoms with Gasteiger partial charge in [0.25, 0.3) is 0 Å². The predicted molar refractivity (Wildman–Crippen MR) is 265 cm³/mol. The number of hydrogen-bond donors (Lipinski definition) is 0. The van der Waals surface area contributed by atoms with Crippen LogP contribution in [0.3, 0.4) is 0 Å². The van der Waals surface area contributed by atoms with Crippen LogP contribution >= 0.6 is 11.3 Å². The molecule has 10 aromatic rings. The predicted octanol–water partition coefficient (Wildman–Crippen LogP) is 14.9. The first-order valence-corrected chi connectivity index (χ1v) is 22.2. The Hall–Kier alpha value is -6.88. The molecule has 0 unspecified atom stereocenters. The largest absolute Gasteiger partial charge is 0.376 e. The summed E-state index contributed by atoms with van der Waals surface area (Å²) in [5.41, 5.74) is 18.8. The monoisotopic (exact) mass is 798 g/mol. The van der Waals surface area contributed by atoms with Crippen molar-refractivity contribution in [3.8, 4) is 33.4 Å². The molecule has 1 aromatic heterocycles. The number of anilines is 5. The summed E-state index contributed by atoms with van der Waals surface area (Å²) >= 11 is 1.90. The van der Waals surface area contributed by atoms with Crippen LogP contribution in [0.2, 0.25) is 0 Å². The Morgan fingerprint density at radius 2 is 1.15 bits per heavy atom. The van der Waals surface area contributed by atoms with Crippen LogP contribution in [0.1, 0.15) is 31.9 Å². The molecule has 0 bridgehead atoms. The second-order valence-corrected chi connectivity index (χ2v) is 18.9. The summed E-state index contributed by atoms with van der Waals surface area (Å²) in [7, 11) is 0. The number of thiophene rings is 1. The first kappa shape index (κ1) is 36.0. The van der Waals surface area contributed by atoms with Crippen molar-refractivity contribution in [1.82, 2.24) is 0 Å². The van der Waals surface area contributed by atoms with Gasteiger partial charge in [0.05, 0.1) is 0 Å². The lowest BCUT2D eigenvalue weighted by Gasteiger charge is -2.46. The first-order chi connectivity index (χ1) is 29.8. The smallest absolute Gasteiger partial charge is 0.333 e. The minimum Gasteiger partial charge on any atom is -0.376 e. The second-order valence-electron chi connectivity index (χ2n) is 17.8. The van der Waals surface area contributed by atoms with Crippen molar-refractivity contribution >= 4 is 88.5 Å². The van der Waals surface area contributed by atoms with E-state index in [1.165, 1.54) is 115 Å². The van der Waals surface area contributed by atoms with Gasteiger partial charge in [0.1, 0.15) is 0 Å². The van der Waals surface area contributed by atoms with Crippen LogP contribution < -0.4 is 20.6 Å². The van der Waals surface area contributed by atoms with E-state index in [2.05, 4.69) is 225 Å². The molecule has 9 aromatic carbocycles. The van der Waals surface area contributed by atoms with E-state index in [4.69, 9.17) is 0 Å². The lowest BCUT2D eigenvalue weighted by molar-refractivity contribution is 0.590. The molecule has 0 radical (unpaired) electrons. The summed E-state index contributed by atoms with van der Waals surface area (Å²) in [6, 6.07) is 70.6. The number of nitrogens with zero attached hydrogens (tertiary/aromatic N) is 2. The van der Waals surface area contributed by atoms with Crippen LogP contribution in [-0.4, -0.2) is 6.85 Å². The highest BCUT2D eigenvalue weighted by Gasteiger charge is 2.46. The fourth-order valence-electron chi connectivity index (χ4n) is 10.1. The molecule has 0 spiro atoms. The summed E-state index contributed by atoms with van der Waals surface area (Å²) in [6.07, 6.45) is 0. The Balaban J connectivity index is 1.22. The van der Waals surface area contributed by atoms with Crippen molar-refractivity contribution in [2.45, 2.75) is 33.1 Å². The van der Waals surface area contributed by atoms with Gasteiger partial charge in [0, 0.05) is 59.6 Å². The summed E-state index contributed by atoms with van der Waals surface area (Å²) in [5.74, 6) is 0. The molecule has 0 N–H and O–H groups in total. The Morgan fingerprint density at radius 1 is 0.475 bits per heavy atom. The second kappa shape index (κ2) is 13.6. The Labute approximate surface area is 362 Å². The number of hydrogen-bond acceptors (Lipinski definition) is 3. The van der Waals surface area contributed by atoms with Crippen molar-refractivity contribution in [2.75, 3.05) is 9.71 Å². The van der Waals surface area contributed by atoms with E-state index in [1.54, 1.807) is 0 Å². The number of rotatable bonds is 4. The topological polar surface area (TPSA) is 6.48 Å². The van der Waals surface area contributed by atoms with Gasteiger partial charge in [-0.3, -0.25) is 0 Å². The Morgan fingerprint density at radius 3 is 1.89 bits per heavy atom. The fourth-order valence-corrected chi connectivity index (χ4v) is 11.2. The van der Waals surface area contributed by atoms with Gasteiger partial charge in [-0.05, 0) is 110 Å². The van der Waals surface area contributed by atoms with Gasteiger partial charge in [-0.2, -0.15) is 0 Å². The summed E-state index contributed by atoms with van der Waals surface area (Å²) in [4.78, 5) is 5.28. The average Bonchev–Trinajstić information content (AvgIpc) is 3.66. The van der Waals surface area contributed by atoms with E-state index in [0.29, 0.717) is 0 Å². The van der Waals surface area contributed by atoms with Gasteiger partial charge < -0.3 is 9.71 Å². The number of aryl methyl sites for hydroxylation is 1. The van der Waals surface area contributed by atoms with Gasteiger partial charge in [-0.25, -0.2) is 0 Å². The van der Waals surface area contributed by atoms with Crippen molar-refractivity contribution in [2.24, 2.45) is 0 Å². The normalized spacial score (nSPS) is 13.1. The molecule has 2 aliphatic rings. The molecule has 2 aliphatic heterocycles. The van der Waals surface area contributed by atoms with Crippen LogP contribution in [0, 0.1) is 6.92 Å². The van der Waals surface area contributed by atoms with E-state index >= 15 is 0 Å². The molecule has 12 rings (SSSR count). The van der Waals surface area contributed by atoms with Gasteiger partial charge in [-0.15, -0.1) is 11.3 Å². The van der Waals surface area contributed by atoms with Crippen LogP contribution in [0.5, 0.6) is 0 Å². The molecule has 3 heterocycles. The fraction of sp³-hybridized carbons (Fsp3) is 0.0877. The molecular weight excluding hydrogens is 756 g/mol. The molecule has 290 valence electrons. The summed E-state index contributed by atoms with van der Waals surface area (Å²) < 4.78 is 2.62. The standard InChI is InChI=1S/C57H43BN2S/c1-36-31-42(57(2,3)4)26-30-50(36)59-51-35-54-47(45-21-13-14-22-53(45)61-54)34-49(51)58-55-48(32-41(33-52(55)59)38-17-9-6-10-18-38)46-29-25-40-19-11-12-20-44(40)56(46)60(58)43-27-23-39(24-28-43)37-15-7-5-8-16-37/h5-35H,1-4H3. The van der Waals surface area contributed by atoms with E-state index in [9.17, 15) is 0 Å². The van der Waals surface area contributed by atoms with E-state index in [1.807, 2.05) is 11.3 Å². The molecule has 4 heteroatoms. The zero-order valence-corrected chi connectivity index (χ0v) is 35.6. The quantitative estimate of drug-likeness (QED) is 0.164. The Kier molecular flexibility index (Phi) is 8.01. The molecule has 0 fully saturated rings. The van der Waals surface area contributed by atoms with Crippen molar-refractivity contribution in [1.29, 1.82) is 0 Å². The van der Waals surface area contributed by atoms with Crippen LogP contribution in [0.15, 0.2) is 188 Å². The minimum atomic E-state index is -0.112. The third-order valence-electron chi connectivity index (χ3n) is 13.1. The Bertz CT molecular complexity index is 3360. The van der Waals surface area contributed by atoms with Gasteiger partial charge in [0.2, 0.25) is 0 Å². The molecule has 2 nitrogen and oxygen atoms in total. The molecule has 0 aliphatic carbocycles. The van der Waals surface area contributed by atoms with Crippen LogP contribution in [0.4, 0.5) is 28.4 Å². The summed E-state index contributed by atoms with van der Waals surface area (Å²) in [5, 5.41) is 5.12. The maximum atomic E-state index is 2.67. The summed E-state index contributed by atoms with van der Waals surface area (Å²) in [6.45, 7) is 9.11. The van der Waals surface area contributed by atoms with E-state index in [0.717, 1.165) is 0 Å². The maximum Gasteiger partial charge on any atom is 0.333 e. The van der Waals surface area contributed by atoms with Crippen molar-refractivity contribution < 1.29 is 0 Å². The van der Waals surface area contributed by atoms with Crippen molar-refractivity contribution in [3.05, 3.63) is 199 Å². The number of benzene rings is 9. The zero-order chi connectivity index (χ0) is 41.0. The SMILES string of the molecule is Cc1cc(C(C)(C)C)ccc1N1c2cc3sc4ccccc4c3cc2B2c3c(cc(-c4ccccc4)cc31)-c1ccc3ccccc3c1N2c1ccc(-c2ccccc2)cc1. The molecule has 0 amide bonds. The lowest BCUT2D eigenvalue weighted by Crippen LogP contribution is -2.61. The molecule has 61 heavy (non-hydrogen) atoms. The first-order valence-electron chi connectivity index (χ1n) is 21.4. The van der Waals surface area contributed by atoms with Crippen LogP contribution in [-0.2, 0) is 5.41 Å². The van der Waals surface area contributed by atoms with Gasteiger partial charge in [-0.1, -0.05) is 166 Å². The highest BCUT2D eigenvalue weighted by Crippen LogP contribution is 2.52. The third kappa shape index (κ3) is 5.62. The third-order valence-corrected chi connectivity index (χ3v) is 14.2. The molecular formula is C57H43BN2S. The zero-order valence-electron chi connectivity index (χ0n) is 34.8. The average molecular weight is 799 g/mol. The lowest BCUT2D eigenvalue weighted by atomic mass is 9.43. The van der Waals surface area contributed by atoms with E-state index < -0.39 is 0 Å². The van der Waals surface area contributed by atoms with Gasteiger partial charge >= 0.3 is 6.85 Å². The van der Waals surface area contributed by atoms with Crippen LogP contribution in [0.25, 0.3) is 64.3 Å². The maximum absolute atomic E-state index is 2.67. The molecule has 0 atom stereocenters. The highest BCUT2D eigenvalue weighted by molar-refractivity contribution is 7.26. The molecule has 0 saturated heterocycles. The molecule has 0 saturated carbocycles. The highest BCUT2D eigenvalue weighted by atomic mass is 32.1.